The number of aromatic amines is 1. The number of hydrogen-bond acceptors (Lipinski definition) is 7. The highest BCUT2D eigenvalue weighted by atomic mass is 16.5. The number of carbonyl (C=O) groups is 1. The minimum Gasteiger partial charge on any atom is -0.380 e. The van der Waals surface area contributed by atoms with Crippen LogP contribution in [0.3, 0.4) is 0 Å². The van der Waals surface area contributed by atoms with Crippen molar-refractivity contribution in [2.75, 3.05) is 38.7 Å². The number of nitriles is 1. The second-order valence-electron chi connectivity index (χ2n) is 9.60. The van der Waals surface area contributed by atoms with E-state index in [4.69, 9.17) is 14.6 Å². The Labute approximate surface area is 208 Å². The number of amides is 1. The first kappa shape index (κ1) is 24.0. The lowest BCUT2D eigenvalue weighted by molar-refractivity contribution is -0.00174. The lowest BCUT2D eigenvalue weighted by Gasteiger charge is -2.35. The molecule has 2 aromatic heterocycles. The molecule has 5 rings (SSSR count). The monoisotopic (exact) mass is 490 g/mol. The Balaban J connectivity index is 1.48. The van der Waals surface area contributed by atoms with Gasteiger partial charge in [0.15, 0.2) is 5.82 Å². The Morgan fingerprint density at radius 3 is 2.97 bits per heavy atom. The van der Waals surface area contributed by atoms with Crippen LogP contribution in [0.15, 0.2) is 35.3 Å². The van der Waals surface area contributed by atoms with Crippen molar-refractivity contribution in [3.63, 3.8) is 0 Å². The van der Waals surface area contributed by atoms with Crippen molar-refractivity contribution in [2.45, 2.75) is 44.2 Å². The van der Waals surface area contributed by atoms with Crippen molar-refractivity contribution >= 4 is 28.3 Å². The summed E-state index contributed by atoms with van der Waals surface area (Å²) in [5.74, 6) is 0.385. The van der Waals surface area contributed by atoms with Crippen LogP contribution in [-0.4, -0.2) is 65.1 Å². The van der Waals surface area contributed by atoms with E-state index in [1.165, 1.54) is 0 Å². The molecule has 0 unspecified atom stereocenters. The molecule has 10 heteroatoms. The van der Waals surface area contributed by atoms with Gasteiger partial charge in [0.25, 0.3) is 11.5 Å². The predicted octanol–water partition coefficient (Wildman–Crippen LogP) is 3.06. The number of likely N-dealkylation sites (tertiary alicyclic amines) is 1. The number of hydrogen-bond donors (Lipinski definition) is 2. The molecule has 1 amide bonds. The summed E-state index contributed by atoms with van der Waals surface area (Å²) in [6, 6.07) is 9.59. The van der Waals surface area contributed by atoms with Gasteiger partial charge in [0.2, 0.25) is 0 Å². The first-order valence-corrected chi connectivity index (χ1v) is 12.2. The highest BCUT2D eigenvalue weighted by Crippen LogP contribution is 2.35. The molecule has 0 saturated carbocycles. The van der Waals surface area contributed by atoms with Gasteiger partial charge in [0.05, 0.1) is 36.3 Å². The Kier molecular flexibility index (Phi) is 6.51. The molecule has 36 heavy (non-hydrogen) atoms. The van der Waals surface area contributed by atoms with Gasteiger partial charge in [-0.3, -0.25) is 14.3 Å². The van der Waals surface area contributed by atoms with Crippen LogP contribution in [0.5, 0.6) is 0 Å². The van der Waals surface area contributed by atoms with E-state index in [9.17, 15) is 14.9 Å². The van der Waals surface area contributed by atoms with E-state index in [0.29, 0.717) is 54.3 Å². The maximum atomic E-state index is 13.0. The average molecular weight is 491 g/mol. The van der Waals surface area contributed by atoms with E-state index in [-0.39, 0.29) is 24.0 Å². The van der Waals surface area contributed by atoms with Crippen LogP contribution >= 0.6 is 0 Å². The second kappa shape index (κ2) is 9.76. The summed E-state index contributed by atoms with van der Waals surface area (Å²) in [6.07, 6.45) is 4.28. The van der Waals surface area contributed by atoms with Crippen LogP contribution in [0, 0.1) is 18.3 Å². The molecule has 2 N–H and O–H groups in total. The Hall–Kier alpha value is -3.68. The van der Waals surface area contributed by atoms with E-state index in [2.05, 4.69) is 16.4 Å². The molecular weight excluding hydrogens is 460 g/mol. The zero-order chi connectivity index (χ0) is 25.3. The molecule has 0 aliphatic carbocycles. The lowest BCUT2D eigenvalue weighted by Crippen LogP contribution is -2.42. The lowest BCUT2D eigenvalue weighted by atomic mass is 9.89. The largest absolute Gasteiger partial charge is 0.380 e. The van der Waals surface area contributed by atoms with Crippen molar-refractivity contribution in [1.29, 1.82) is 5.26 Å². The van der Waals surface area contributed by atoms with Gasteiger partial charge in [-0.25, -0.2) is 0 Å². The maximum Gasteiger partial charge on any atom is 0.261 e. The SMILES string of the molecule is CO[C@H]1CCN(C(=O)c2ccc(Nc3nn([C@]4(CC#N)CCCOC4)c4cc[nH]c(=O)c34)cc2C)C1. The number of fused-ring (bicyclic) bond motifs is 1. The number of rotatable bonds is 6. The minimum absolute atomic E-state index is 0.0134. The second-order valence-corrected chi connectivity index (χ2v) is 9.60. The van der Waals surface area contributed by atoms with Gasteiger partial charge in [0, 0.05) is 44.3 Å². The van der Waals surface area contributed by atoms with Crippen molar-refractivity contribution in [3.05, 3.63) is 51.9 Å². The quantitative estimate of drug-likeness (QED) is 0.544. The molecule has 2 aliphatic heterocycles. The van der Waals surface area contributed by atoms with Crippen molar-refractivity contribution in [2.24, 2.45) is 0 Å². The molecule has 4 heterocycles. The fourth-order valence-corrected chi connectivity index (χ4v) is 5.29. The van der Waals surface area contributed by atoms with Crippen LogP contribution in [0.4, 0.5) is 11.5 Å². The van der Waals surface area contributed by atoms with Crippen LogP contribution in [-0.2, 0) is 15.0 Å². The summed E-state index contributed by atoms with van der Waals surface area (Å²) in [4.78, 5) is 30.4. The van der Waals surface area contributed by atoms with E-state index in [0.717, 1.165) is 24.8 Å². The van der Waals surface area contributed by atoms with Gasteiger partial charge >= 0.3 is 0 Å². The maximum absolute atomic E-state index is 13.0. The third-order valence-electron chi connectivity index (χ3n) is 7.25. The predicted molar refractivity (Wildman–Crippen MR) is 134 cm³/mol. The van der Waals surface area contributed by atoms with Crippen LogP contribution in [0.25, 0.3) is 10.9 Å². The number of anilines is 2. The zero-order valence-electron chi connectivity index (χ0n) is 20.5. The summed E-state index contributed by atoms with van der Waals surface area (Å²) >= 11 is 0. The number of H-pyrrole nitrogens is 1. The topological polar surface area (TPSA) is 125 Å². The molecule has 2 atom stereocenters. The third kappa shape index (κ3) is 4.25. The standard InChI is InChI=1S/C26H30N6O4/c1-17-14-18(4-5-20(17)25(34)31-12-7-19(15-31)35-2)29-23-22-21(6-11-28-24(22)33)32(30-23)26(9-10-27)8-3-13-36-16-26/h4-6,11,14,19H,3,7-9,12-13,15-16H2,1-2H3,(H,28,33)(H,29,30)/t19-,26-/m0/s1. The fraction of sp³-hybridized carbons (Fsp3) is 0.462. The summed E-state index contributed by atoms with van der Waals surface area (Å²) < 4.78 is 12.9. The molecule has 0 spiro atoms. The Morgan fingerprint density at radius 1 is 1.42 bits per heavy atom. The molecule has 0 radical (unpaired) electrons. The smallest absolute Gasteiger partial charge is 0.261 e. The number of aromatic nitrogens is 3. The number of ether oxygens (including phenoxy) is 2. The van der Waals surface area contributed by atoms with Crippen LogP contribution < -0.4 is 10.9 Å². The molecule has 3 aromatic rings. The van der Waals surface area contributed by atoms with Gasteiger partial charge in [-0.05, 0) is 56.0 Å². The Bertz CT molecular complexity index is 1380. The first-order valence-electron chi connectivity index (χ1n) is 12.2. The first-order chi connectivity index (χ1) is 17.5. The van der Waals surface area contributed by atoms with Crippen molar-refractivity contribution in [1.82, 2.24) is 19.7 Å². The van der Waals surface area contributed by atoms with Crippen molar-refractivity contribution < 1.29 is 14.3 Å². The van der Waals surface area contributed by atoms with Crippen molar-refractivity contribution in [3.8, 4) is 6.07 Å². The molecule has 10 nitrogen and oxygen atoms in total. The number of nitrogens with one attached hydrogen (secondary N) is 2. The van der Waals surface area contributed by atoms with Gasteiger partial charge in [-0.2, -0.15) is 10.4 Å². The summed E-state index contributed by atoms with van der Waals surface area (Å²) in [5.41, 5.74) is 1.91. The number of methoxy groups -OCH3 is 1. The highest BCUT2D eigenvalue weighted by molar-refractivity contribution is 5.97. The number of benzene rings is 1. The molecular formula is C26H30N6O4. The van der Waals surface area contributed by atoms with Gasteiger partial charge in [-0.1, -0.05) is 0 Å². The Morgan fingerprint density at radius 2 is 2.28 bits per heavy atom. The fourth-order valence-electron chi connectivity index (χ4n) is 5.29. The number of aryl methyl sites for hydroxylation is 1. The third-order valence-corrected chi connectivity index (χ3v) is 7.25. The molecule has 2 fully saturated rings. The van der Waals surface area contributed by atoms with Crippen LogP contribution in [0.2, 0.25) is 0 Å². The summed E-state index contributed by atoms with van der Waals surface area (Å²) in [6.45, 7) is 4.17. The van der Waals surface area contributed by atoms with Gasteiger partial charge < -0.3 is 24.7 Å². The number of pyridine rings is 1. The number of carbonyl (C=O) groups excluding carboxylic acids is 1. The number of nitrogens with zero attached hydrogens (tertiary/aromatic N) is 4. The molecule has 2 aliphatic rings. The highest BCUT2D eigenvalue weighted by Gasteiger charge is 2.38. The molecule has 1 aromatic carbocycles. The van der Waals surface area contributed by atoms with Crippen LogP contribution in [0.1, 0.15) is 41.6 Å². The molecule has 2 saturated heterocycles. The average Bonchev–Trinajstić information content (AvgIpc) is 3.51. The minimum atomic E-state index is -0.638. The molecule has 0 bridgehead atoms. The summed E-state index contributed by atoms with van der Waals surface area (Å²) in [7, 11) is 1.67. The van der Waals surface area contributed by atoms with E-state index >= 15 is 0 Å². The van der Waals surface area contributed by atoms with Gasteiger partial charge in [-0.15, -0.1) is 0 Å². The van der Waals surface area contributed by atoms with E-state index < -0.39 is 5.54 Å². The summed E-state index contributed by atoms with van der Waals surface area (Å²) in [5, 5.41) is 18.0. The molecule has 188 valence electrons. The van der Waals surface area contributed by atoms with E-state index in [1.54, 1.807) is 30.1 Å². The zero-order valence-corrected chi connectivity index (χ0v) is 20.5. The van der Waals surface area contributed by atoms with Gasteiger partial charge in [0.1, 0.15) is 5.39 Å². The van der Waals surface area contributed by atoms with E-state index in [1.807, 2.05) is 24.0 Å². The normalized spacial score (nSPS) is 22.0.